The van der Waals surface area contributed by atoms with E-state index in [0.29, 0.717) is 23.6 Å². The Labute approximate surface area is 116 Å². The van der Waals surface area contributed by atoms with Gasteiger partial charge < -0.3 is 4.74 Å². The predicted molar refractivity (Wildman–Crippen MR) is 72.0 cm³/mol. The normalized spacial score (nSPS) is 12.2. The van der Waals surface area contributed by atoms with Crippen molar-refractivity contribution < 1.29 is 9.13 Å². The van der Waals surface area contributed by atoms with Gasteiger partial charge in [-0.3, -0.25) is 0 Å². The molecule has 5 heteroatoms. The molecule has 100 valence electrons. The number of aromatic nitrogens is 2. The standard InChI is InChI=1S/C14H14ClFN2O/c1-9-3-4-13(16)11(5-9)12(15)6-10-7-14(19-2)18-8-17-10/h3-5,7-8,12H,6H2,1-2H3. The van der Waals surface area contributed by atoms with Gasteiger partial charge in [-0.25, -0.2) is 14.4 Å². The lowest BCUT2D eigenvalue weighted by Crippen LogP contribution is -2.02. The summed E-state index contributed by atoms with van der Waals surface area (Å²) in [5.74, 6) is 0.171. The molecule has 2 rings (SSSR count). The summed E-state index contributed by atoms with van der Waals surface area (Å²) < 4.78 is 18.7. The van der Waals surface area contributed by atoms with Gasteiger partial charge in [-0.1, -0.05) is 17.7 Å². The third-order valence-corrected chi connectivity index (χ3v) is 3.17. The molecule has 0 fully saturated rings. The highest BCUT2D eigenvalue weighted by atomic mass is 35.5. The summed E-state index contributed by atoms with van der Waals surface area (Å²) >= 11 is 6.27. The first-order valence-electron chi connectivity index (χ1n) is 5.85. The van der Waals surface area contributed by atoms with Crippen molar-refractivity contribution in [3.63, 3.8) is 0 Å². The van der Waals surface area contributed by atoms with Crippen LogP contribution in [0.25, 0.3) is 0 Å². The van der Waals surface area contributed by atoms with E-state index in [-0.39, 0.29) is 5.82 Å². The van der Waals surface area contributed by atoms with Crippen LogP contribution in [-0.4, -0.2) is 17.1 Å². The fourth-order valence-electron chi connectivity index (χ4n) is 1.80. The van der Waals surface area contributed by atoms with Gasteiger partial charge in [0.1, 0.15) is 12.1 Å². The smallest absolute Gasteiger partial charge is 0.216 e. The Kier molecular flexibility index (Phi) is 4.32. The van der Waals surface area contributed by atoms with Gasteiger partial charge in [0.15, 0.2) is 0 Å². The molecule has 0 saturated carbocycles. The minimum Gasteiger partial charge on any atom is -0.481 e. The van der Waals surface area contributed by atoms with Crippen LogP contribution in [0, 0.1) is 12.7 Å². The van der Waals surface area contributed by atoms with E-state index in [1.54, 1.807) is 18.2 Å². The van der Waals surface area contributed by atoms with E-state index in [0.717, 1.165) is 5.56 Å². The number of benzene rings is 1. The van der Waals surface area contributed by atoms with Crippen molar-refractivity contribution in [2.45, 2.75) is 18.7 Å². The van der Waals surface area contributed by atoms with Crippen molar-refractivity contribution in [3.8, 4) is 5.88 Å². The molecule has 2 aromatic rings. The molecular formula is C14H14ClFN2O. The molecule has 0 aliphatic carbocycles. The van der Waals surface area contributed by atoms with E-state index >= 15 is 0 Å². The van der Waals surface area contributed by atoms with Crippen molar-refractivity contribution in [2.24, 2.45) is 0 Å². The number of nitrogens with zero attached hydrogens (tertiary/aromatic N) is 2. The second-order valence-corrected chi connectivity index (χ2v) is 4.78. The Balaban J connectivity index is 2.20. The average molecular weight is 281 g/mol. The van der Waals surface area contributed by atoms with Gasteiger partial charge in [-0.2, -0.15) is 0 Å². The summed E-state index contributed by atoms with van der Waals surface area (Å²) in [5.41, 5.74) is 2.18. The molecule has 0 radical (unpaired) electrons. The summed E-state index contributed by atoms with van der Waals surface area (Å²) in [6, 6.07) is 6.60. The predicted octanol–water partition coefficient (Wildman–Crippen LogP) is 3.46. The van der Waals surface area contributed by atoms with Gasteiger partial charge in [0.25, 0.3) is 0 Å². The highest BCUT2D eigenvalue weighted by Gasteiger charge is 2.15. The second-order valence-electron chi connectivity index (χ2n) is 4.25. The minimum atomic E-state index is -0.473. The number of alkyl halides is 1. The molecule has 0 amide bonds. The Morgan fingerprint density at radius 1 is 1.32 bits per heavy atom. The van der Waals surface area contributed by atoms with E-state index < -0.39 is 5.38 Å². The van der Waals surface area contributed by atoms with E-state index in [4.69, 9.17) is 16.3 Å². The lowest BCUT2D eigenvalue weighted by Gasteiger charge is -2.11. The molecule has 1 atom stereocenters. The Morgan fingerprint density at radius 3 is 2.84 bits per heavy atom. The molecule has 0 bridgehead atoms. The summed E-state index contributed by atoms with van der Waals surface area (Å²) in [5, 5.41) is -0.473. The van der Waals surface area contributed by atoms with Crippen LogP contribution in [0.1, 0.15) is 22.2 Å². The molecule has 0 aliphatic rings. The van der Waals surface area contributed by atoms with Crippen molar-refractivity contribution >= 4 is 11.6 Å². The molecule has 1 unspecified atom stereocenters. The topological polar surface area (TPSA) is 35.0 Å². The van der Waals surface area contributed by atoms with Gasteiger partial charge in [-0.05, 0) is 13.0 Å². The molecule has 0 N–H and O–H groups in total. The highest BCUT2D eigenvalue weighted by molar-refractivity contribution is 6.20. The van der Waals surface area contributed by atoms with Gasteiger partial charge in [0.05, 0.1) is 12.5 Å². The molecule has 1 heterocycles. The van der Waals surface area contributed by atoms with Crippen LogP contribution in [0.5, 0.6) is 5.88 Å². The molecule has 0 spiro atoms. The molecule has 19 heavy (non-hydrogen) atoms. The van der Waals surface area contributed by atoms with E-state index in [1.807, 2.05) is 6.92 Å². The zero-order valence-electron chi connectivity index (χ0n) is 10.7. The van der Waals surface area contributed by atoms with Crippen LogP contribution in [0.3, 0.4) is 0 Å². The fourth-order valence-corrected chi connectivity index (χ4v) is 2.12. The maximum atomic E-state index is 13.7. The Hall–Kier alpha value is -1.68. The molecule has 1 aromatic carbocycles. The number of aryl methyl sites for hydroxylation is 1. The third kappa shape index (κ3) is 3.41. The van der Waals surface area contributed by atoms with Gasteiger partial charge in [0.2, 0.25) is 5.88 Å². The Bertz CT molecular complexity index is 577. The van der Waals surface area contributed by atoms with Crippen LogP contribution < -0.4 is 4.74 Å². The highest BCUT2D eigenvalue weighted by Crippen LogP contribution is 2.27. The first kappa shape index (κ1) is 13.7. The summed E-state index contributed by atoms with van der Waals surface area (Å²) in [6.45, 7) is 1.90. The van der Waals surface area contributed by atoms with Crippen LogP contribution in [-0.2, 0) is 6.42 Å². The second kappa shape index (κ2) is 5.97. The van der Waals surface area contributed by atoms with Gasteiger partial charge in [-0.15, -0.1) is 11.6 Å². The third-order valence-electron chi connectivity index (χ3n) is 2.79. The number of methoxy groups -OCH3 is 1. The van der Waals surface area contributed by atoms with Crippen LogP contribution in [0.2, 0.25) is 0 Å². The fraction of sp³-hybridized carbons (Fsp3) is 0.286. The number of hydrogen-bond acceptors (Lipinski definition) is 3. The van der Waals surface area contributed by atoms with E-state index in [1.165, 1.54) is 19.5 Å². The quantitative estimate of drug-likeness (QED) is 0.805. The van der Waals surface area contributed by atoms with Crippen molar-refractivity contribution in [2.75, 3.05) is 7.11 Å². The van der Waals surface area contributed by atoms with Gasteiger partial charge >= 0.3 is 0 Å². The van der Waals surface area contributed by atoms with Crippen molar-refractivity contribution in [3.05, 3.63) is 53.2 Å². The molecule has 1 aromatic heterocycles. The van der Waals surface area contributed by atoms with Crippen molar-refractivity contribution in [1.82, 2.24) is 9.97 Å². The molecule has 3 nitrogen and oxygen atoms in total. The van der Waals surface area contributed by atoms with E-state index in [2.05, 4.69) is 9.97 Å². The summed E-state index contributed by atoms with van der Waals surface area (Å²) in [7, 11) is 1.53. The van der Waals surface area contributed by atoms with Gasteiger partial charge in [0, 0.05) is 23.7 Å². The zero-order chi connectivity index (χ0) is 13.8. The number of halogens is 2. The summed E-state index contributed by atoms with van der Waals surface area (Å²) in [6.07, 6.45) is 1.82. The number of hydrogen-bond donors (Lipinski definition) is 0. The first-order valence-corrected chi connectivity index (χ1v) is 6.29. The lowest BCUT2D eigenvalue weighted by atomic mass is 10.0. The Morgan fingerprint density at radius 2 is 2.11 bits per heavy atom. The molecule has 0 aliphatic heterocycles. The SMILES string of the molecule is COc1cc(CC(Cl)c2cc(C)ccc2F)ncn1. The molecular weight excluding hydrogens is 267 g/mol. The maximum Gasteiger partial charge on any atom is 0.216 e. The van der Waals surface area contributed by atoms with Crippen LogP contribution in [0.4, 0.5) is 4.39 Å². The average Bonchev–Trinajstić information content (AvgIpc) is 2.41. The van der Waals surface area contributed by atoms with Crippen LogP contribution in [0.15, 0.2) is 30.6 Å². The van der Waals surface area contributed by atoms with Crippen molar-refractivity contribution in [1.29, 1.82) is 0 Å². The number of rotatable bonds is 4. The largest absolute Gasteiger partial charge is 0.481 e. The number of ether oxygens (including phenoxy) is 1. The molecule has 0 saturated heterocycles. The van der Waals surface area contributed by atoms with Crippen LogP contribution >= 0.6 is 11.6 Å². The lowest BCUT2D eigenvalue weighted by molar-refractivity contribution is 0.396. The maximum absolute atomic E-state index is 13.7. The zero-order valence-corrected chi connectivity index (χ0v) is 11.5. The minimum absolute atomic E-state index is 0.299. The summed E-state index contributed by atoms with van der Waals surface area (Å²) in [4.78, 5) is 8.03. The first-order chi connectivity index (χ1) is 9.10. The monoisotopic (exact) mass is 280 g/mol. The van der Waals surface area contributed by atoms with E-state index in [9.17, 15) is 4.39 Å².